The van der Waals surface area contributed by atoms with Gasteiger partial charge >= 0.3 is 0 Å². The highest BCUT2D eigenvalue weighted by molar-refractivity contribution is 7.89. The second-order valence-electron chi connectivity index (χ2n) is 7.83. The minimum Gasteiger partial charge on any atom is -0.308 e. The predicted octanol–water partition coefficient (Wildman–Crippen LogP) is 4.24. The molecule has 0 fully saturated rings. The van der Waals surface area contributed by atoms with Crippen LogP contribution in [-0.4, -0.2) is 20.9 Å². The van der Waals surface area contributed by atoms with Crippen LogP contribution in [0.1, 0.15) is 39.5 Å². The number of anilines is 1. The van der Waals surface area contributed by atoms with Gasteiger partial charge in [-0.25, -0.2) is 13.1 Å². The maximum atomic E-state index is 13.1. The molecule has 0 saturated carbocycles. The van der Waals surface area contributed by atoms with Crippen molar-refractivity contribution in [3.8, 4) is 0 Å². The Morgan fingerprint density at radius 2 is 1.84 bits per heavy atom. The average molecular weight is 435 g/mol. The van der Waals surface area contributed by atoms with Crippen LogP contribution in [0.3, 0.4) is 0 Å². The molecule has 3 aromatic carbocycles. The number of fused-ring (bicyclic) bond motifs is 1. The first-order valence-corrected chi connectivity index (χ1v) is 12.0. The molecule has 31 heavy (non-hydrogen) atoms. The molecule has 1 aliphatic heterocycles. The second kappa shape index (κ2) is 8.65. The largest absolute Gasteiger partial charge is 0.308 e. The molecule has 6 heteroatoms. The highest BCUT2D eigenvalue weighted by atomic mass is 32.2. The van der Waals surface area contributed by atoms with E-state index in [-0.39, 0.29) is 12.5 Å². The van der Waals surface area contributed by atoms with E-state index in [0.717, 1.165) is 34.4 Å². The molecule has 5 nitrogen and oxygen atoms in total. The van der Waals surface area contributed by atoms with E-state index in [1.165, 1.54) is 0 Å². The van der Waals surface area contributed by atoms with E-state index in [9.17, 15) is 13.2 Å². The van der Waals surface area contributed by atoms with Gasteiger partial charge in [0, 0.05) is 24.3 Å². The number of amides is 1. The van der Waals surface area contributed by atoms with Crippen molar-refractivity contribution in [1.29, 1.82) is 0 Å². The van der Waals surface area contributed by atoms with Crippen LogP contribution in [0.4, 0.5) is 5.69 Å². The summed E-state index contributed by atoms with van der Waals surface area (Å²) in [5.74, 6) is -0.0305. The third-order valence-corrected chi connectivity index (χ3v) is 7.17. The molecule has 0 radical (unpaired) electrons. The summed E-state index contributed by atoms with van der Waals surface area (Å²) >= 11 is 0. The van der Waals surface area contributed by atoms with Crippen LogP contribution in [0.25, 0.3) is 0 Å². The number of nitrogens with one attached hydrogen (secondary N) is 1. The second-order valence-corrected chi connectivity index (χ2v) is 9.56. The highest BCUT2D eigenvalue weighted by Gasteiger charge is 2.26. The number of carbonyl (C=O) groups excluding carboxylic acids is 1. The monoisotopic (exact) mass is 434 g/mol. The Morgan fingerprint density at radius 3 is 2.61 bits per heavy atom. The molecule has 0 unspecified atom stereocenters. The van der Waals surface area contributed by atoms with E-state index in [2.05, 4.69) is 4.72 Å². The fourth-order valence-electron chi connectivity index (χ4n) is 3.99. The van der Waals surface area contributed by atoms with Crippen molar-refractivity contribution >= 4 is 21.6 Å². The summed E-state index contributed by atoms with van der Waals surface area (Å²) < 4.78 is 28.4. The van der Waals surface area contributed by atoms with Gasteiger partial charge in [0.25, 0.3) is 5.91 Å². The van der Waals surface area contributed by atoms with Crippen LogP contribution in [0.5, 0.6) is 0 Å². The molecule has 1 amide bonds. The zero-order valence-electron chi connectivity index (χ0n) is 17.8. The maximum absolute atomic E-state index is 13.1. The Morgan fingerprint density at radius 1 is 1.03 bits per heavy atom. The molecule has 160 valence electrons. The number of aryl methyl sites for hydroxylation is 2. The van der Waals surface area contributed by atoms with Crippen LogP contribution in [0, 0.1) is 6.92 Å². The number of rotatable bonds is 6. The van der Waals surface area contributed by atoms with Crippen molar-refractivity contribution in [3.63, 3.8) is 0 Å². The average Bonchev–Trinajstić information content (AvgIpc) is 3.20. The summed E-state index contributed by atoms with van der Waals surface area (Å²) in [6, 6.07) is 20.5. The number of hydrogen-bond donors (Lipinski definition) is 1. The van der Waals surface area contributed by atoms with Crippen LogP contribution in [0.15, 0.2) is 71.6 Å². The maximum Gasteiger partial charge on any atom is 0.258 e. The van der Waals surface area contributed by atoms with Crippen molar-refractivity contribution < 1.29 is 13.2 Å². The van der Waals surface area contributed by atoms with Crippen molar-refractivity contribution in [2.75, 3.05) is 11.4 Å². The minimum atomic E-state index is -3.62. The van der Waals surface area contributed by atoms with Gasteiger partial charge in [0.05, 0.1) is 4.90 Å². The minimum absolute atomic E-state index is 0.0305. The van der Waals surface area contributed by atoms with Crippen molar-refractivity contribution in [3.05, 3.63) is 94.5 Å². The van der Waals surface area contributed by atoms with Gasteiger partial charge in [0.15, 0.2) is 0 Å². The van der Waals surface area contributed by atoms with E-state index >= 15 is 0 Å². The summed E-state index contributed by atoms with van der Waals surface area (Å²) in [4.78, 5) is 15.2. The molecule has 3 aromatic rings. The van der Waals surface area contributed by atoms with Crippen LogP contribution >= 0.6 is 0 Å². The van der Waals surface area contributed by atoms with E-state index in [1.54, 1.807) is 17.0 Å². The van der Waals surface area contributed by atoms with Gasteiger partial charge in [-0.2, -0.15) is 0 Å². The molecule has 1 aliphatic rings. The molecule has 0 saturated heterocycles. The Hall–Kier alpha value is -2.96. The van der Waals surface area contributed by atoms with Crippen LogP contribution in [0.2, 0.25) is 0 Å². The highest BCUT2D eigenvalue weighted by Crippen LogP contribution is 2.30. The molecule has 1 heterocycles. The predicted molar refractivity (Wildman–Crippen MR) is 123 cm³/mol. The summed E-state index contributed by atoms with van der Waals surface area (Å²) in [5, 5.41) is 0. The van der Waals surface area contributed by atoms with Gasteiger partial charge in [-0.1, -0.05) is 55.0 Å². The van der Waals surface area contributed by atoms with E-state index in [4.69, 9.17) is 0 Å². The molecule has 4 rings (SSSR count). The lowest BCUT2D eigenvalue weighted by Gasteiger charge is -2.18. The standard InChI is InChI=1S/C25H26N2O3S/c1-3-20-8-4-5-10-24(20)31(29,30)26-17-19-11-12-21-13-14-27(23(21)16-19)25(28)22-9-6-7-18(2)15-22/h4-12,15-16,26H,3,13-14,17H2,1-2H3. The molecule has 0 aliphatic carbocycles. The molecular weight excluding hydrogens is 408 g/mol. The first-order chi connectivity index (χ1) is 14.9. The Kier molecular flexibility index (Phi) is 5.94. The molecule has 0 spiro atoms. The van der Waals surface area contributed by atoms with Gasteiger partial charge < -0.3 is 4.90 Å². The van der Waals surface area contributed by atoms with Crippen LogP contribution < -0.4 is 9.62 Å². The van der Waals surface area contributed by atoms with E-state index in [0.29, 0.717) is 23.4 Å². The van der Waals surface area contributed by atoms with E-state index in [1.807, 2.05) is 68.4 Å². The SMILES string of the molecule is CCc1ccccc1S(=O)(=O)NCc1ccc2c(c1)N(C(=O)c1cccc(C)c1)CC2. The molecule has 0 atom stereocenters. The number of nitrogens with zero attached hydrogens (tertiary/aromatic N) is 1. The van der Waals surface area contributed by atoms with Gasteiger partial charge in [-0.3, -0.25) is 4.79 Å². The Balaban J connectivity index is 1.55. The third kappa shape index (κ3) is 4.40. The summed E-state index contributed by atoms with van der Waals surface area (Å²) in [6.45, 7) is 4.70. The summed E-state index contributed by atoms with van der Waals surface area (Å²) in [5.41, 5.74) is 5.27. The lowest BCUT2D eigenvalue weighted by atomic mass is 10.1. The molecular formula is C25H26N2O3S. The molecule has 0 aromatic heterocycles. The quantitative estimate of drug-likeness (QED) is 0.631. The van der Waals surface area contributed by atoms with Gasteiger partial charge in [0.1, 0.15) is 0 Å². The zero-order chi connectivity index (χ0) is 22.0. The topological polar surface area (TPSA) is 66.5 Å². The van der Waals surface area contributed by atoms with Crippen molar-refractivity contribution in [2.45, 2.75) is 38.1 Å². The van der Waals surface area contributed by atoms with Gasteiger partial charge in [-0.15, -0.1) is 0 Å². The first-order valence-electron chi connectivity index (χ1n) is 10.5. The molecule has 0 bridgehead atoms. The number of carbonyl (C=O) groups is 1. The lowest BCUT2D eigenvalue weighted by Crippen LogP contribution is -2.29. The number of sulfonamides is 1. The summed E-state index contributed by atoms with van der Waals surface area (Å²) in [7, 11) is -3.62. The Labute approximate surface area is 183 Å². The Bertz CT molecular complexity index is 1240. The van der Waals surface area contributed by atoms with E-state index < -0.39 is 10.0 Å². The molecule has 1 N–H and O–H groups in total. The van der Waals surface area contributed by atoms with Gasteiger partial charge in [0.2, 0.25) is 10.0 Å². The zero-order valence-corrected chi connectivity index (χ0v) is 18.6. The first kappa shape index (κ1) is 21.3. The fraction of sp³-hybridized carbons (Fsp3) is 0.240. The smallest absolute Gasteiger partial charge is 0.258 e. The van der Waals surface area contributed by atoms with Gasteiger partial charge in [-0.05, 0) is 60.7 Å². The van der Waals surface area contributed by atoms with Crippen molar-refractivity contribution in [2.24, 2.45) is 0 Å². The third-order valence-electron chi connectivity index (χ3n) is 5.66. The summed E-state index contributed by atoms with van der Waals surface area (Å²) in [6.07, 6.45) is 1.44. The normalized spacial score (nSPS) is 13.3. The fourth-order valence-corrected chi connectivity index (χ4v) is 5.32. The van der Waals surface area contributed by atoms with Crippen LogP contribution in [-0.2, 0) is 29.4 Å². The number of benzene rings is 3. The number of hydrogen-bond acceptors (Lipinski definition) is 3. The van der Waals surface area contributed by atoms with Crippen molar-refractivity contribution in [1.82, 2.24) is 4.72 Å². The lowest BCUT2D eigenvalue weighted by molar-refractivity contribution is 0.0989.